The van der Waals surface area contributed by atoms with Gasteiger partial charge in [0.2, 0.25) is 0 Å². The average Bonchev–Trinajstić information content (AvgIpc) is 3.45. The molecule has 4 aromatic rings. The molecular weight excluding hydrogens is 455 g/mol. The van der Waals surface area contributed by atoms with E-state index < -0.39 is 15.8 Å². The van der Waals surface area contributed by atoms with Gasteiger partial charge in [0.05, 0.1) is 27.7 Å². The number of sulfonamides is 1. The SMILES string of the molecule is Cn1c([C@H]2CCCN2C(=O)c2cccc(S(=O)(=O)Nc3ccccc3F)c2)nc2ccccc21. The minimum Gasteiger partial charge on any atom is -0.329 e. The summed E-state index contributed by atoms with van der Waals surface area (Å²) in [5.41, 5.74) is 1.96. The maximum Gasteiger partial charge on any atom is 0.262 e. The van der Waals surface area contributed by atoms with E-state index in [4.69, 9.17) is 4.98 Å². The Morgan fingerprint density at radius 2 is 1.82 bits per heavy atom. The number of nitrogens with one attached hydrogen (secondary N) is 1. The number of imidazole rings is 1. The lowest BCUT2D eigenvalue weighted by atomic mass is 10.1. The molecule has 0 bridgehead atoms. The second-order valence-electron chi connectivity index (χ2n) is 8.29. The first-order chi connectivity index (χ1) is 16.3. The molecule has 174 valence electrons. The van der Waals surface area contributed by atoms with Gasteiger partial charge < -0.3 is 9.47 Å². The third-order valence-corrected chi connectivity index (χ3v) is 7.51. The Morgan fingerprint density at radius 1 is 1.06 bits per heavy atom. The summed E-state index contributed by atoms with van der Waals surface area (Å²) in [5.74, 6) is -0.143. The quantitative estimate of drug-likeness (QED) is 0.458. The van der Waals surface area contributed by atoms with Crippen molar-refractivity contribution in [1.82, 2.24) is 14.5 Å². The van der Waals surface area contributed by atoms with Crippen molar-refractivity contribution in [2.45, 2.75) is 23.8 Å². The monoisotopic (exact) mass is 478 g/mol. The summed E-state index contributed by atoms with van der Waals surface area (Å²) in [5, 5.41) is 0. The number of halogens is 1. The maximum absolute atomic E-state index is 14.0. The number of fused-ring (bicyclic) bond motifs is 1. The average molecular weight is 479 g/mol. The second kappa shape index (κ2) is 8.57. The summed E-state index contributed by atoms with van der Waals surface area (Å²) in [4.78, 5) is 19.9. The zero-order chi connectivity index (χ0) is 23.9. The van der Waals surface area contributed by atoms with Gasteiger partial charge in [-0.25, -0.2) is 17.8 Å². The largest absolute Gasteiger partial charge is 0.329 e. The molecule has 0 saturated carbocycles. The molecule has 0 radical (unpaired) electrons. The lowest BCUT2D eigenvalue weighted by molar-refractivity contribution is 0.0728. The van der Waals surface area contributed by atoms with Gasteiger partial charge in [0.1, 0.15) is 11.6 Å². The van der Waals surface area contributed by atoms with Crippen molar-refractivity contribution in [3.8, 4) is 0 Å². The summed E-state index contributed by atoms with van der Waals surface area (Å²) in [6.45, 7) is 0.553. The molecule has 0 spiro atoms. The van der Waals surface area contributed by atoms with Gasteiger partial charge >= 0.3 is 0 Å². The molecule has 1 aliphatic rings. The van der Waals surface area contributed by atoms with Gasteiger partial charge in [-0.05, 0) is 55.3 Å². The molecule has 2 heterocycles. The summed E-state index contributed by atoms with van der Waals surface area (Å²) in [6, 6.07) is 19.0. The van der Waals surface area contributed by atoms with Crippen LogP contribution < -0.4 is 4.72 Å². The zero-order valence-corrected chi connectivity index (χ0v) is 19.3. The van der Waals surface area contributed by atoms with E-state index in [-0.39, 0.29) is 28.1 Å². The van der Waals surface area contributed by atoms with Crippen LogP contribution in [0.4, 0.5) is 10.1 Å². The number of nitrogens with zero attached hydrogens (tertiary/aromatic N) is 3. The summed E-state index contributed by atoms with van der Waals surface area (Å²) in [7, 11) is -2.14. The molecule has 1 atom stereocenters. The predicted molar refractivity (Wildman–Crippen MR) is 127 cm³/mol. The number of hydrogen-bond donors (Lipinski definition) is 1. The van der Waals surface area contributed by atoms with Gasteiger partial charge in [0, 0.05) is 19.2 Å². The molecule has 1 amide bonds. The van der Waals surface area contributed by atoms with Crippen LogP contribution in [0, 0.1) is 5.82 Å². The highest BCUT2D eigenvalue weighted by Crippen LogP contribution is 2.34. The summed E-state index contributed by atoms with van der Waals surface area (Å²) < 4.78 is 44.0. The highest BCUT2D eigenvalue weighted by molar-refractivity contribution is 7.92. The van der Waals surface area contributed by atoms with E-state index in [1.807, 2.05) is 35.9 Å². The van der Waals surface area contributed by atoms with Crippen molar-refractivity contribution in [3.05, 3.63) is 90.0 Å². The number of hydrogen-bond acceptors (Lipinski definition) is 4. The van der Waals surface area contributed by atoms with Crippen LogP contribution in [0.15, 0.2) is 77.7 Å². The lowest BCUT2D eigenvalue weighted by Crippen LogP contribution is -2.32. The van der Waals surface area contributed by atoms with E-state index in [0.29, 0.717) is 6.54 Å². The molecule has 1 saturated heterocycles. The van der Waals surface area contributed by atoms with Crippen molar-refractivity contribution in [1.29, 1.82) is 0 Å². The van der Waals surface area contributed by atoms with Gasteiger partial charge in [0.15, 0.2) is 0 Å². The third kappa shape index (κ3) is 3.92. The van der Waals surface area contributed by atoms with Gasteiger partial charge in [-0.1, -0.05) is 30.3 Å². The van der Waals surface area contributed by atoms with Crippen LogP contribution in [0.5, 0.6) is 0 Å². The Hall–Kier alpha value is -3.72. The van der Waals surface area contributed by atoms with E-state index in [1.165, 1.54) is 42.5 Å². The highest BCUT2D eigenvalue weighted by atomic mass is 32.2. The van der Waals surface area contributed by atoms with Crippen LogP contribution in [0.2, 0.25) is 0 Å². The molecule has 3 aromatic carbocycles. The maximum atomic E-state index is 14.0. The minimum absolute atomic E-state index is 0.111. The third-order valence-electron chi connectivity index (χ3n) is 6.14. The number of para-hydroxylation sites is 3. The van der Waals surface area contributed by atoms with Crippen LogP contribution >= 0.6 is 0 Å². The molecule has 0 unspecified atom stereocenters. The van der Waals surface area contributed by atoms with Crippen molar-refractivity contribution in [2.75, 3.05) is 11.3 Å². The fourth-order valence-corrected chi connectivity index (χ4v) is 5.56. The van der Waals surface area contributed by atoms with Gasteiger partial charge in [-0.2, -0.15) is 0 Å². The fraction of sp³-hybridized carbons (Fsp3) is 0.200. The van der Waals surface area contributed by atoms with Crippen LogP contribution in [0.25, 0.3) is 11.0 Å². The Balaban J connectivity index is 1.44. The topological polar surface area (TPSA) is 84.3 Å². The number of aryl methyl sites for hydroxylation is 1. The Kier molecular flexibility index (Phi) is 5.57. The molecule has 5 rings (SSSR count). The number of likely N-dealkylation sites (tertiary alicyclic amines) is 1. The number of rotatable bonds is 5. The van der Waals surface area contributed by atoms with Crippen molar-refractivity contribution < 1.29 is 17.6 Å². The Labute approximate surface area is 196 Å². The highest BCUT2D eigenvalue weighted by Gasteiger charge is 2.34. The van der Waals surface area contributed by atoms with Gasteiger partial charge in [0.25, 0.3) is 15.9 Å². The molecule has 34 heavy (non-hydrogen) atoms. The predicted octanol–water partition coefficient (Wildman–Crippen LogP) is 4.49. The van der Waals surface area contributed by atoms with Crippen molar-refractivity contribution in [2.24, 2.45) is 7.05 Å². The van der Waals surface area contributed by atoms with Crippen LogP contribution in [0.1, 0.15) is 35.1 Å². The number of benzene rings is 3. The Bertz CT molecular complexity index is 1500. The van der Waals surface area contributed by atoms with Crippen LogP contribution in [0.3, 0.4) is 0 Å². The van der Waals surface area contributed by atoms with Gasteiger partial charge in [-0.15, -0.1) is 0 Å². The van der Waals surface area contributed by atoms with Crippen molar-refractivity contribution >= 4 is 32.7 Å². The van der Waals surface area contributed by atoms with E-state index >= 15 is 0 Å². The Morgan fingerprint density at radius 3 is 2.62 bits per heavy atom. The molecule has 7 nitrogen and oxygen atoms in total. The first kappa shape index (κ1) is 22.1. The smallest absolute Gasteiger partial charge is 0.262 e. The molecule has 9 heteroatoms. The van der Waals surface area contributed by atoms with E-state index in [1.54, 1.807) is 11.0 Å². The van der Waals surface area contributed by atoms with Crippen LogP contribution in [-0.2, 0) is 17.1 Å². The second-order valence-corrected chi connectivity index (χ2v) is 9.97. The molecule has 0 aliphatic carbocycles. The number of anilines is 1. The minimum atomic E-state index is -4.08. The van der Waals surface area contributed by atoms with Crippen LogP contribution in [-0.4, -0.2) is 35.3 Å². The number of carbonyl (C=O) groups is 1. The fourth-order valence-electron chi connectivity index (χ4n) is 4.45. The van der Waals surface area contributed by atoms with Crippen molar-refractivity contribution in [3.63, 3.8) is 0 Å². The molecule has 1 fully saturated rings. The van der Waals surface area contributed by atoms with Gasteiger partial charge in [-0.3, -0.25) is 9.52 Å². The molecule has 1 aromatic heterocycles. The van der Waals surface area contributed by atoms with E-state index in [2.05, 4.69) is 4.72 Å². The molecule has 1 aliphatic heterocycles. The first-order valence-electron chi connectivity index (χ1n) is 10.9. The number of carbonyl (C=O) groups excluding carboxylic acids is 1. The summed E-state index contributed by atoms with van der Waals surface area (Å²) in [6.07, 6.45) is 1.60. The summed E-state index contributed by atoms with van der Waals surface area (Å²) >= 11 is 0. The lowest BCUT2D eigenvalue weighted by Gasteiger charge is -2.24. The number of aromatic nitrogens is 2. The standard InChI is InChI=1S/C25H23FN4O3S/c1-29-22-13-5-4-12-21(22)27-24(29)23-14-7-15-30(23)25(31)17-8-6-9-18(16-17)34(32,33)28-20-11-3-2-10-19(20)26/h2-6,8-13,16,23,28H,7,14-15H2,1H3/t23-/m1/s1. The van der Waals surface area contributed by atoms with E-state index in [0.717, 1.165) is 29.7 Å². The first-order valence-corrected chi connectivity index (χ1v) is 12.4. The number of amides is 1. The normalized spacial score (nSPS) is 16.2. The van der Waals surface area contributed by atoms with E-state index in [9.17, 15) is 17.6 Å². The molecule has 1 N–H and O–H groups in total. The zero-order valence-electron chi connectivity index (χ0n) is 18.5. The molecular formula is C25H23FN4O3S.